The van der Waals surface area contributed by atoms with Crippen LogP contribution in [0, 0.1) is 6.92 Å². The fraction of sp³-hybridized carbons (Fsp3) is 0.304. The minimum atomic E-state index is -0.344. The number of carbonyl (C=O) groups excluding carboxylic acids is 1. The number of hydrazone groups is 1. The summed E-state index contributed by atoms with van der Waals surface area (Å²) in [6, 6.07) is 15.5. The molecule has 0 spiro atoms. The first-order valence-corrected chi connectivity index (χ1v) is 10.6. The fourth-order valence-corrected chi connectivity index (χ4v) is 3.90. The van der Waals surface area contributed by atoms with Crippen molar-refractivity contribution in [2.45, 2.75) is 38.9 Å². The summed E-state index contributed by atoms with van der Waals surface area (Å²) in [6.07, 6.45) is 2.27. The van der Waals surface area contributed by atoms with Gasteiger partial charge in [0.25, 0.3) is 5.91 Å². The summed E-state index contributed by atoms with van der Waals surface area (Å²) in [5.74, 6) is 1.56. The van der Waals surface area contributed by atoms with Crippen LogP contribution >= 0.6 is 0 Å². The number of hydrogen-bond donors (Lipinski definition) is 1. The zero-order valence-corrected chi connectivity index (χ0v) is 17.9. The van der Waals surface area contributed by atoms with E-state index in [0.717, 1.165) is 22.4 Å². The average Bonchev–Trinajstić information content (AvgIpc) is 3.45. The Bertz CT molecular complexity index is 1130. The summed E-state index contributed by atoms with van der Waals surface area (Å²) < 4.78 is 10.9. The normalized spacial score (nSPS) is 20.0. The molecule has 9 heteroatoms. The summed E-state index contributed by atoms with van der Waals surface area (Å²) in [7, 11) is 0. The lowest BCUT2D eigenvalue weighted by Crippen LogP contribution is -2.50. The van der Waals surface area contributed by atoms with Gasteiger partial charge in [0.15, 0.2) is 0 Å². The van der Waals surface area contributed by atoms with E-state index in [2.05, 4.69) is 20.7 Å². The third-order valence-electron chi connectivity index (χ3n) is 5.61. The van der Waals surface area contributed by atoms with E-state index in [4.69, 9.17) is 9.26 Å². The molecule has 164 valence electrons. The molecule has 2 atom stereocenters. The van der Waals surface area contributed by atoms with Gasteiger partial charge in [-0.05, 0) is 38.0 Å². The number of hydrogen-bond acceptors (Lipinski definition) is 8. The van der Waals surface area contributed by atoms with Gasteiger partial charge in [-0.1, -0.05) is 47.1 Å². The summed E-state index contributed by atoms with van der Waals surface area (Å²) in [5.41, 5.74) is 6.46. The lowest BCUT2D eigenvalue weighted by atomic mass is 10.0. The number of benzene rings is 2. The molecular weight excluding hydrogens is 408 g/mol. The number of fused-ring (bicyclic) bond motifs is 1. The topological polar surface area (TPSA) is 96.1 Å². The number of carbonyl (C=O) groups is 1. The van der Waals surface area contributed by atoms with Gasteiger partial charge >= 0.3 is 0 Å². The zero-order valence-electron chi connectivity index (χ0n) is 17.9. The molecule has 0 bridgehead atoms. The van der Waals surface area contributed by atoms with E-state index in [1.807, 2.05) is 62.4 Å². The quantitative estimate of drug-likeness (QED) is 0.639. The number of hydrazine groups is 1. The van der Waals surface area contributed by atoms with Crippen LogP contribution < -0.4 is 10.2 Å². The van der Waals surface area contributed by atoms with Gasteiger partial charge in [0.05, 0.1) is 12.6 Å². The first-order valence-electron chi connectivity index (χ1n) is 10.6. The van der Waals surface area contributed by atoms with Crippen LogP contribution in [0.3, 0.4) is 0 Å². The molecule has 2 aliphatic rings. The van der Waals surface area contributed by atoms with Crippen LogP contribution in [-0.2, 0) is 11.3 Å². The molecule has 0 radical (unpaired) electrons. The lowest BCUT2D eigenvalue weighted by Gasteiger charge is -2.29. The minimum Gasteiger partial charge on any atom is -0.494 e. The van der Waals surface area contributed by atoms with Crippen LogP contribution in [0.15, 0.2) is 58.2 Å². The third kappa shape index (κ3) is 3.94. The SMILES string of the molecule is CCOc1ccc(C2CC3C(=O)N(Cc4nc(-c5ccc(C)cc5)no4)N=CN3N2)cc1. The highest BCUT2D eigenvalue weighted by Crippen LogP contribution is 2.31. The van der Waals surface area contributed by atoms with E-state index in [1.54, 1.807) is 11.3 Å². The second-order valence-corrected chi connectivity index (χ2v) is 7.85. The van der Waals surface area contributed by atoms with Gasteiger partial charge in [-0.2, -0.15) is 10.1 Å². The van der Waals surface area contributed by atoms with Gasteiger partial charge in [0.2, 0.25) is 11.7 Å². The average molecular weight is 432 g/mol. The van der Waals surface area contributed by atoms with E-state index in [-0.39, 0.29) is 24.5 Å². The van der Waals surface area contributed by atoms with Crippen molar-refractivity contribution < 1.29 is 14.1 Å². The van der Waals surface area contributed by atoms with E-state index in [0.29, 0.717) is 24.7 Å². The van der Waals surface area contributed by atoms with E-state index in [1.165, 1.54) is 5.01 Å². The largest absolute Gasteiger partial charge is 0.494 e. The van der Waals surface area contributed by atoms with Crippen LogP contribution in [0.5, 0.6) is 5.75 Å². The highest BCUT2D eigenvalue weighted by atomic mass is 16.5. The highest BCUT2D eigenvalue weighted by Gasteiger charge is 2.41. The molecule has 1 saturated heterocycles. The third-order valence-corrected chi connectivity index (χ3v) is 5.61. The van der Waals surface area contributed by atoms with Crippen molar-refractivity contribution in [2.75, 3.05) is 6.61 Å². The maximum absolute atomic E-state index is 13.1. The number of rotatable bonds is 6. The van der Waals surface area contributed by atoms with Crippen LogP contribution in [-0.4, -0.2) is 45.1 Å². The van der Waals surface area contributed by atoms with Gasteiger partial charge in [-0.15, -0.1) is 0 Å². The van der Waals surface area contributed by atoms with Crippen LogP contribution in [0.1, 0.15) is 36.4 Å². The van der Waals surface area contributed by atoms with Crippen LogP contribution in [0.4, 0.5) is 0 Å². The van der Waals surface area contributed by atoms with E-state index < -0.39 is 0 Å². The Morgan fingerprint density at radius 2 is 1.94 bits per heavy atom. The van der Waals surface area contributed by atoms with Gasteiger partial charge in [0, 0.05) is 5.56 Å². The van der Waals surface area contributed by atoms with Crippen molar-refractivity contribution in [3.8, 4) is 17.1 Å². The minimum absolute atomic E-state index is 0.0163. The number of nitrogens with zero attached hydrogens (tertiary/aromatic N) is 5. The summed E-state index contributed by atoms with van der Waals surface area (Å²) >= 11 is 0. The molecule has 1 N–H and O–H groups in total. The molecule has 2 unspecified atom stereocenters. The second kappa shape index (κ2) is 8.43. The summed E-state index contributed by atoms with van der Waals surface area (Å²) in [6.45, 7) is 4.74. The van der Waals surface area contributed by atoms with E-state index >= 15 is 0 Å². The molecule has 3 heterocycles. The zero-order chi connectivity index (χ0) is 22.1. The number of ether oxygens (including phenoxy) is 1. The number of aromatic nitrogens is 2. The summed E-state index contributed by atoms with van der Waals surface area (Å²) in [4.78, 5) is 17.5. The van der Waals surface area contributed by atoms with E-state index in [9.17, 15) is 4.79 Å². The standard InChI is InChI=1S/C23H24N6O3/c1-3-31-18-10-8-16(9-11-18)19-12-20-23(30)28(24-14-29(20)26-19)13-21-25-22(27-32-21)17-6-4-15(2)5-7-17/h4-11,14,19-20,26H,3,12-13H2,1-2H3. The van der Waals surface area contributed by atoms with Gasteiger partial charge in [0.1, 0.15) is 24.7 Å². The molecule has 1 fully saturated rings. The molecule has 1 aromatic heterocycles. The molecule has 32 heavy (non-hydrogen) atoms. The maximum atomic E-state index is 13.1. The van der Waals surface area contributed by atoms with Crippen molar-refractivity contribution in [1.29, 1.82) is 0 Å². The van der Waals surface area contributed by atoms with Crippen molar-refractivity contribution in [2.24, 2.45) is 5.10 Å². The predicted molar refractivity (Wildman–Crippen MR) is 117 cm³/mol. The summed E-state index contributed by atoms with van der Waals surface area (Å²) in [5, 5.41) is 11.5. The molecule has 3 aromatic rings. The monoisotopic (exact) mass is 432 g/mol. The highest BCUT2D eigenvalue weighted by molar-refractivity contribution is 5.87. The predicted octanol–water partition coefficient (Wildman–Crippen LogP) is 3.05. The number of amides is 1. The molecule has 0 aliphatic carbocycles. The Labute approximate surface area is 185 Å². The Kier molecular flexibility index (Phi) is 5.32. The molecule has 2 aliphatic heterocycles. The second-order valence-electron chi connectivity index (χ2n) is 7.85. The Morgan fingerprint density at radius 1 is 1.16 bits per heavy atom. The number of aryl methyl sites for hydroxylation is 1. The van der Waals surface area contributed by atoms with Crippen molar-refractivity contribution in [3.63, 3.8) is 0 Å². The molecular formula is C23H24N6O3. The first-order chi connectivity index (χ1) is 15.6. The van der Waals surface area contributed by atoms with Gasteiger partial charge in [-0.25, -0.2) is 10.4 Å². The smallest absolute Gasteiger partial charge is 0.267 e. The molecule has 2 aromatic carbocycles. The molecule has 5 rings (SSSR count). The fourth-order valence-electron chi connectivity index (χ4n) is 3.90. The Morgan fingerprint density at radius 3 is 2.69 bits per heavy atom. The van der Waals surface area contributed by atoms with Crippen LogP contribution in [0.25, 0.3) is 11.4 Å². The number of nitrogens with one attached hydrogen (secondary N) is 1. The van der Waals surface area contributed by atoms with Crippen molar-refractivity contribution in [1.82, 2.24) is 25.6 Å². The Balaban J connectivity index is 1.25. The first kappa shape index (κ1) is 20.2. The molecule has 0 saturated carbocycles. The van der Waals surface area contributed by atoms with Crippen molar-refractivity contribution >= 4 is 12.2 Å². The maximum Gasteiger partial charge on any atom is 0.267 e. The van der Waals surface area contributed by atoms with Crippen molar-refractivity contribution in [3.05, 3.63) is 65.5 Å². The van der Waals surface area contributed by atoms with Crippen LogP contribution in [0.2, 0.25) is 0 Å². The van der Waals surface area contributed by atoms with Gasteiger partial charge in [-0.3, -0.25) is 9.80 Å². The molecule has 1 amide bonds. The lowest BCUT2D eigenvalue weighted by molar-refractivity contribution is -0.137. The molecule has 9 nitrogen and oxygen atoms in total. The van der Waals surface area contributed by atoms with Gasteiger partial charge < -0.3 is 9.26 Å². The Hall–Kier alpha value is -3.72.